The molecular weight excluding hydrogens is 637 g/mol. The number of piperidine rings is 3. The van der Waals surface area contributed by atoms with E-state index in [2.05, 4.69) is 17.4 Å². The Bertz CT molecular complexity index is 1580. The fourth-order valence-electron chi connectivity index (χ4n) is 8.95. The van der Waals surface area contributed by atoms with Gasteiger partial charge in [0.2, 0.25) is 5.91 Å². The first-order valence-corrected chi connectivity index (χ1v) is 15.8. The first-order chi connectivity index (χ1) is 21.1. The number of alkyl halides is 6. The smallest absolute Gasteiger partial charge is 0.355 e. The molecule has 7 rings (SSSR count). The van der Waals surface area contributed by atoms with Crippen LogP contribution < -0.4 is 5.32 Å². The number of carbonyl (C=O) groups is 1. The fraction of sp³-hybridized carbons (Fsp3) is 0.441. The summed E-state index contributed by atoms with van der Waals surface area (Å²) in [7, 11) is 0. The van der Waals surface area contributed by atoms with Gasteiger partial charge in [-0.05, 0) is 53.9 Å². The fourth-order valence-corrected chi connectivity index (χ4v) is 9.25. The number of likely N-dealkylation sites (N-methyl/N-ethyl adjacent to an activating group) is 1. The number of amides is 1. The van der Waals surface area contributed by atoms with Crippen molar-refractivity contribution in [1.82, 2.24) is 5.32 Å². The Morgan fingerprint density at radius 1 is 0.822 bits per heavy atom. The molecule has 1 N–H and O–H groups in total. The largest absolute Gasteiger partial charge is 0.416 e. The van der Waals surface area contributed by atoms with E-state index in [4.69, 9.17) is 23.2 Å². The minimum atomic E-state index is -4.98. The molecule has 11 heteroatoms. The Labute approximate surface area is 268 Å². The van der Waals surface area contributed by atoms with Crippen molar-refractivity contribution < 1.29 is 35.6 Å². The van der Waals surface area contributed by atoms with Crippen molar-refractivity contribution in [2.24, 2.45) is 0 Å². The summed E-state index contributed by atoms with van der Waals surface area (Å²) in [4.78, 5) is 13.3. The minimum absolute atomic E-state index is 0.0148. The van der Waals surface area contributed by atoms with Gasteiger partial charge in [-0.25, -0.2) is 0 Å². The third kappa shape index (κ3) is 5.13. The summed E-state index contributed by atoms with van der Waals surface area (Å²) < 4.78 is 85.1. The summed E-state index contributed by atoms with van der Waals surface area (Å²) in [5, 5.41) is 3.56. The molecule has 45 heavy (non-hydrogen) atoms. The zero-order valence-corrected chi connectivity index (χ0v) is 26.1. The molecule has 240 valence electrons. The molecule has 0 spiro atoms. The van der Waals surface area contributed by atoms with Crippen molar-refractivity contribution in [3.63, 3.8) is 0 Å². The van der Waals surface area contributed by atoms with Gasteiger partial charge < -0.3 is 9.80 Å². The molecule has 0 aliphatic carbocycles. The molecule has 3 nitrogen and oxygen atoms in total. The summed E-state index contributed by atoms with van der Waals surface area (Å²) in [6.45, 7) is 4.10. The van der Waals surface area contributed by atoms with Gasteiger partial charge in [0.1, 0.15) is 5.54 Å². The molecule has 0 aromatic heterocycles. The van der Waals surface area contributed by atoms with E-state index < -0.39 is 34.4 Å². The Hall–Kier alpha value is -2.75. The van der Waals surface area contributed by atoms with Crippen molar-refractivity contribution in [3.05, 3.63) is 105 Å². The molecule has 4 aliphatic heterocycles. The molecule has 1 amide bonds. The lowest BCUT2D eigenvalue weighted by molar-refractivity contribution is -0.996. The predicted molar refractivity (Wildman–Crippen MR) is 161 cm³/mol. The van der Waals surface area contributed by atoms with Gasteiger partial charge in [0.15, 0.2) is 0 Å². The topological polar surface area (TPSA) is 29.1 Å². The Morgan fingerprint density at radius 3 is 1.96 bits per heavy atom. The molecule has 4 saturated heterocycles. The highest BCUT2D eigenvalue weighted by Gasteiger charge is 2.72. The molecule has 2 bridgehead atoms. The summed E-state index contributed by atoms with van der Waals surface area (Å²) >= 11 is 12.9. The lowest BCUT2D eigenvalue weighted by Crippen LogP contribution is -2.81. The second-order valence-electron chi connectivity index (χ2n) is 13.0. The predicted octanol–water partition coefficient (Wildman–Crippen LogP) is 8.74. The number of halogens is 8. The van der Waals surface area contributed by atoms with E-state index in [-0.39, 0.29) is 47.4 Å². The Morgan fingerprint density at radius 2 is 1.44 bits per heavy atom. The van der Waals surface area contributed by atoms with Gasteiger partial charge in [-0.2, -0.15) is 26.3 Å². The number of nitrogens with zero attached hydrogens (tertiary/aromatic N) is 1. The Kier molecular flexibility index (Phi) is 7.81. The quantitative estimate of drug-likeness (QED) is 0.206. The van der Waals surface area contributed by atoms with Crippen LogP contribution >= 0.6 is 23.2 Å². The van der Waals surface area contributed by atoms with Gasteiger partial charge in [0.05, 0.1) is 46.2 Å². The molecule has 2 atom stereocenters. The maximum Gasteiger partial charge on any atom is 0.416 e. The molecular formula is C34H33Cl2F6N2O+. The summed E-state index contributed by atoms with van der Waals surface area (Å²) in [5.41, 5.74) is -3.35. The first kappa shape index (κ1) is 32.2. The van der Waals surface area contributed by atoms with Crippen LogP contribution in [-0.4, -0.2) is 42.1 Å². The first-order valence-electron chi connectivity index (χ1n) is 15.0. The van der Waals surface area contributed by atoms with Gasteiger partial charge >= 0.3 is 12.4 Å². The number of quaternary nitrogens is 1. The molecule has 3 aromatic rings. The number of rotatable bonds is 6. The van der Waals surface area contributed by atoms with Crippen LogP contribution in [0, 0.1) is 0 Å². The highest BCUT2D eigenvalue weighted by Crippen LogP contribution is 2.63. The number of benzene rings is 3. The van der Waals surface area contributed by atoms with Gasteiger partial charge in [-0.15, -0.1) is 0 Å². The van der Waals surface area contributed by atoms with E-state index in [9.17, 15) is 31.1 Å². The normalized spacial score (nSPS) is 30.0. The molecule has 4 heterocycles. The van der Waals surface area contributed by atoms with Crippen molar-refractivity contribution in [3.8, 4) is 0 Å². The SMILES string of the molecule is CC[N+]12CCC(c3ccccc3)(CC1)CC2(Cc1cc(C(F)(F)F)cc(C(F)(F)F)c1)C1(c2ccc(Cl)c(Cl)c2)CNC(=O)C1. The van der Waals surface area contributed by atoms with Crippen molar-refractivity contribution in [1.29, 1.82) is 0 Å². The highest BCUT2D eigenvalue weighted by molar-refractivity contribution is 6.42. The standard InChI is InChI=1S/C34H32Cl2F6N2O/c1-2-44-12-10-30(11-13-44,23-6-4-3-5-7-23)20-32(44,18-22-14-25(33(37,38)39)16-26(15-22)34(40,41)42)31(19-29(45)43-21-31)24-8-9-27(35)28(36)17-24/h3-9,14-17H,2,10-13,18-21H2,1H3/p+1. The maximum atomic E-state index is 14.1. The number of hydrogen-bond acceptors (Lipinski definition) is 1. The van der Waals surface area contributed by atoms with Crippen LogP contribution in [0.2, 0.25) is 10.0 Å². The summed E-state index contributed by atoms with van der Waals surface area (Å²) in [6.07, 6.45) is -7.97. The zero-order chi connectivity index (χ0) is 32.5. The van der Waals surface area contributed by atoms with Crippen LogP contribution in [-0.2, 0) is 34.4 Å². The average molecular weight is 671 g/mol. The van der Waals surface area contributed by atoms with Crippen molar-refractivity contribution >= 4 is 29.1 Å². The van der Waals surface area contributed by atoms with Crippen LogP contribution in [0.1, 0.15) is 60.4 Å². The van der Waals surface area contributed by atoms with Gasteiger partial charge in [0, 0.05) is 44.1 Å². The van der Waals surface area contributed by atoms with Gasteiger partial charge in [0.25, 0.3) is 0 Å². The van der Waals surface area contributed by atoms with E-state index in [1.54, 1.807) is 18.2 Å². The zero-order valence-electron chi connectivity index (χ0n) is 24.6. The lowest BCUT2D eigenvalue weighted by Gasteiger charge is -2.70. The van der Waals surface area contributed by atoms with Gasteiger partial charge in [-0.3, -0.25) is 4.79 Å². The highest BCUT2D eigenvalue weighted by atomic mass is 35.5. The van der Waals surface area contributed by atoms with E-state index in [1.165, 1.54) is 0 Å². The maximum absolute atomic E-state index is 14.1. The van der Waals surface area contributed by atoms with Crippen LogP contribution in [0.5, 0.6) is 0 Å². The molecule has 2 unspecified atom stereocenters. The Balaban J connectivity index is 1.66. The molecule has 3 aromatic carbocycles. The number of fused-ring (bicyclic) bond motifs is 3. The second kappa shape index (κ2) is 10.9. The average Bonchev–Trinajstić information content (AvgIpc) is 3.41. The van der Waals surface area contributed by atoms with Crippen LogP contribution in [0.4, 0.5) is 26.3 Å². The minimum Gasteiger partial charge on any atom is -0.355 e. The summed E-state index contributed by atoms with van der Waals surface area (Å²) in [5.74, 6) is -0.230. The number of hydrogen-bond donors (Lipinski definition) is 1. The lowest BCUT2D eigenvalue weighted by atomic mass is 9.49. The van der Waals surface area contributed by atoms with Crippen LogP contribution in [0.25, 0.3) is 0 Å². The van der Waals surface area contributed by atoms with E-state index in [0.717, 1.165) is 30.5 Å². The monoisotopic (exact) mass is 669 g/mol. The van der Waals surface area contributed by atoms with E-state index >= 15 is 0 Å². The molecule has 4 fully saturated rings. The third-order valence-electron chi connectivity index (χ3n) is 11.1. The number of carbonyl (C=O) groups excluding carboxylic acids is 1. The van der Waals surface area contributed by atoms with Crippen LogP contribution in [0.3, 0.4) is 0 Å². The van der Waals surface area contributed by atoms with Gasteiger partial charge in [-0.1, -0.05) is 59.6 Å². The summed E-state index contributed by atoms with van der Waals surface area (Å²) in [6, 6.07) is 17.0. The number of nitrogens with one attached hydrogen (secondary N) is 1. The van der Waals surface area contributed by atoms with Crippen molar-refractivity contribution in [2.75, 3.05) is 26.2 Å². The third-order valence-corrected chi connectivity index (χ3v) is 11.9. The molecule has 0 radical (unpaired) electrons. The van der Waals surface area contributed by atoms with E-state index in [0.29, 0.717) is 41.1 Å². The van der Waals surface area contributed by atoms with E-state index in [1.807, 2.05) is 25.1 Å². The molecule has 0 saturated carbocycles. The second-order valence-corrected chi connectivity index (χ2v) is 13.8. The van der Waals surface area contributed by atoms with Crippen molar-refractivity contribution in [2.45, 2.75) is 67.7 Å². The van der Waals surface area contributed by atoms with Crippen LogP contribution in [0.15, 0.2) is 66.7 Å². The molecule has 4 aliphatic rings.